The third kappa shape index (κ3) is 5.89. The lowest BCUT2D eigenvalue weighted by atomic mass is 9.93. The lowest BCUT2D eigenvalue weighted by Crippen LogP contribution is -2.46. The summed E-state index contributed by atoms with van der Waals surface area (Å²) < 4.78 is 118. The number of rotatable bonds is 4. The molecule has 0 radical (unpaired) electrons. The van der Waals surface area contributed by atoms with Crippen LogP contribution in [-0.4, -0.2) is 37.5 Å². The zero-order valence-electron chi connectivity index (χ0n) is 13.6. The summed E-state index contributed by atoms with van der Waals surface area (Å²) in [7, 11) is 0. The molecule has 1 heterocycles. The van der Waals surface area contributed by atoms with Crippen LogP contribution in [0.4, 0.5) is 39.5 Å². The van der Waals surface area contributed by atoms with Crippen molar-refractivity contribution in [1.29, 1.82) is 0 Å². The first-order valence-electron chi connectivity index (χ1n) is 7.62. The van der Waals surface area contributed by atoms with Crippen molar-refractivity contribution in [2.45, 2.75) is 31.2 Å². The van der Waals surface area contributed by atoms with Crippen molar-refractivity contribution in [3.63, 3.8) is 0 Å². The highest BCUT2D eigenvalue weighted by molar-refractivity contribution is 5.85. The Hall–Kier alpha value is -1.20. The van der Waals surface area contributed by atoms with Crippen LogP contribution in [0.1, 0.15) is 29.2 Å². The van der Waals surface area contributed by atoms with Crippen LogP contribution in [0.5, 0.6) is 0 Å². The molecule has 1 atom stereocenters. The third-order valence-electron chi connectivity index (χ3n) is 4.09. The summed E-state index contributed by atoms with van der Waals surface area (Å²) in [4.78, 5) is 1.23. The molecule has 156 valence electrons. The van der Waals surface area contributed by atoms with Crippen LogP contribution in [0.15, 0.2) is 12.1 Å². The fourth-order valence-electron chi connectivity index (χ4n) is 2.97. The Balaban J connectivity index is 0.00000364. The van der Waals surface area contributed by atoms with E-state index < -0.39 is 53.7 Å². The smallest absolute Gasteiger partial charge is 0.314 e. The highest BCUT2D eigenvalue weighted by Crippen LogP contribution is 2.43. The highest BCUT2D eigenvalue weighted by Gasteiger charge is 2.43. The first-order valence-corrected chi connectivity index (χ1v) is 7.62. The minimum absolute atomic E-state index is 0. The molecule has 0 amide bonds. The molecule has 0 unspecified atom stereocenters. The van der Waals surface area contributed by atoms with E-state index in [-0.39, 0.29) is 50.7 Å². The molecule has 1 aromatic rings. The van der Waals surface area contributed by atoms with E-state index in [0.717, 1.165) is 0 Å². The second kappa shape index (κ2) is 8.87. The topological polar surface area (TPSA) is 15.3 Å². The maximum Gasteiger partial charge on any atom is 0.416 e. The third-order valence-corrected chi connectivity index (χ3v) is 4.09. The second-order valence-corrected chi connectivity index (χ2v) is 5.84. The number of nitrogens with zero attached hydrogens (tertiary/aromatic N) is 1. The van der Waals surface area contributed by atoms with Gasteiger partial charge in [0.25, 0.3) is 0 Å². The van der Waals surface area contributed by atoms with Crippen molar-refractivity contribution in [1.82, 2.24) is 10.2 Å². The quantitative estimate of drug-likeness (QED) is 0.685. The monoisotopic (exact) mass is 430 g/mol. The maximum absolute atomic E-state index is 14.3. The molecular weight excluding hydrogens is 415 g/mol. The van der Waals surface area contributed by atoms with E-state index >= 15 is 0 Å². The molecule has 0 spiro atoms. The van der Waals surface area contributed by atoms with Crippen molar-refractivity contribution in [3.8, 4) is 0 Å². The first kappa shape index (κ1) is 23.8. The van der Waals surface area contributed by atoms with E-state index in [4.69, 9.17) is 0 Å². The van der Waals surface area contributed by atoms with Gasteiger partial charge in [-0.05, 0) is 12.1 Å². The van der Waals surface area contributed by atoms with E-state index in [1.165, 1.54) is 4.90 Å². The number of hydrogen-bond acceptors (Lipinski definition) is 2. The minimum atomic E-state index is -5.33. The molecule has 0 aromatic heterocycles. The minimum Gasteiger partial charge on any atom is -0.314 e. The van der Waals surface area contributed by atoms with Crippen LogP contribution in [0.2, 0.25) is 0 Å². The summed E-state index contributed by atoms with van der Waals surface area (Å²) >= 11 is 0. The van der Waals surface area contributed by atoms with E-state index in [9.17, 15) is 39.5 Å². The predicted molar refractivity (Wildman–Crippen MR) is 81.5 cm³/mol. The first-order chi connectivity index (χ1) is 11.9. The maximum atomic E-state index is 14.3. The second-order valence-electron chi connectivity index (χ2n) is 5.84. The van der Waals surface area contributed by atoms with Gasteiger partial charge in [-0.2, -0.15) is 26.3 Å². The Morgan fingerprint density at radius 1 is 0.963 bits per heavy atom. The average molecular weight is 431 g/mol. The van der Waals surface area contributed by atoms with Crippen molar-refractivity contribution in [2.24, 2.45) is 0 Å². The standard InChI is InChI=1S/C15H15F9N2.ClH/c16-10-6-8(14(19,20)21)5-9(15(22,23)24)13(10)11(7-12(17)18)26-3-1-25-2-4-26;/h5-6,11-12,25H,1-4,7H2;1H/t11-;/m1./s1. The number of halogens is 10. The van der Waals surface area contributed by atoms with Gasteiger partial charge in [0, 0.05) is 44.2 Å². The molecule has 1 saturated heterocycles. The fourth-order valence-corrected chi connectivity index (χ4v) is 2.97. The number of benzene rings is 1. The fraction of sp³-hybridized carbons (Fsp3) is 0.600. The van der Waals surface area contributed by atoms with Crippen LogP contribution < -0.4 is 5.32 Å². The molecule has 27 heavy (non-hydrogen) atoms. The van der Waals surface area contributed by atoms with Crippen LogP contribution in [0, 0.1) is 5.82 Å². The van der Waals surface area contributed by atoms with Crippen molar-refractivity contribution >= 4 is 12.4 Å². The molecule has 1 aromatic carbocycles. The summed E-state index contributed by atoms with van der Waals surface area (Å²) in [5.74, 6) is -1.80. The Labute approximate surface area is 155 Å². The number of piperazine rings is 1. The van der Waals surface area contributed by atoms with Gasteiger partial charge in [-0.25, -0.2) is 13.2 Å². The van der Waals surface area contributed by atoms with Crippen LogP contribution in [-0.2, 0) is 12.4 Å². The van der Waals surface area contributed by atoms with Gasteiger partial charge in [0.2, 0.25) is 6.43 Å². The summed E-state index contributed by atoms with van der Waals surface area (Å²) in [5, 5.41) is 2.87. The Bertz CT molecular complexity index is 625. The van der Waals surface area contributed by atoms with E-state index in [2.05, 4.69) is 5.32 Å². The van der Waals surface area contributed by atoms with Crippen molar-refractivity contribution < 1.29 is 39.5 Å². The zero-order chi connectivity index (χ0) is 19.7. The molecule has 1 aliphatic rings. The van der Waals surface area contributed by atoms with Crippen LogP contribution in [0.25, 0.3) is 0 Å². The molecule has 2 nitrogen and oxygen atoms in total. The SMILES string of the molecule is Cl.Fc1cc(C(F)(F)F)cc(C(F)(F)F)c1[C@@H](CC(F)F)N1CCNCC1. The lowest BCUT2D eigenvalue weighted by Gasteiger charge is -2.36. The van der Waals surface area contributed by atoms with Crippen LogP contribution in [0.3, 0.4) is 0 Å². The molecule has 0 aliphatic carbocycles. The zero-order valence-corrected chi connectivity index (χ0v) is 14.4. The van der Waals surface area contributed by atoms with Gasteiger partial charge in [0.15, 0.2) is 0 Å². The van der Waals surface area contributed by atoms with Gasteiger partial charge in [0.05, 0.1) is 11.1 Å². The molecular formula is C15H16ClF9N2. The molecule has 2 rings (SSSR count). The summed E-state index contributed by atoms with van der Waals surface area (Å²) in [6, 6.07) is -1.99. The van der Waals surface area contributed by atoms with Gasteiger partial charge < -0.3 is 5.32 Å². The van der Waals surface area contributed by atoms with Crippen LogP contribution >= 0.6 is 12.4 Å². The lowest BCUT2D eigenvalue weighted by molar-refractivity contribution is -0.144. The van der Waals surface area contributed by atoms with E-state index in [1.807, 2.05) is 0 Å². The van der Waals surface area contributed by atoms with Gasteiger partial charge >= 0.3 is 12.4 Å². The number of hydrogen-bond donors (Lipinski definition) is 1. The number of nitrogens with one attached hydrogen (secondary N) is 1. The Kier molecular flexibility index (Phi) is 7.83. The normalized spacial score (nSPS) is 17.7. The average Bonchev–Trinajstić information content (AvgIpc) is 2.51. The van der Waals surface area contributed by atoms with E-state index in [1.54, 1.807) is 0 Å². The van der Waals surface area contributed by atoms with Crippen molar-refractivity contribution in [2.75, 3.05) is 26.2 Å². The Morgan fingerprint density at radius 2 is 1.52 bits per heavy atom. The summed E-state index contributed by atoms with van der Waals surface area (Å²) in [5.41, 5.74) is -4.87. The van der Waals surface area contributed by atoms with E-state index in [0.29, 0.717) is 0 Å². The predicted octanol–water partition coefficient (Wildman–Crippen LogP) is 4.89. The van der Waals surface area contributed by atoms with Gasteiger partial charge in [-0.1, -0.05) is 0 Å². The molecule has 0 bridgehead atoms. The molecule has 1 aliphatic heterocycles. The van der Waals surface area contributed by atoms with Gasteiger partial charge in [0.1, 0.15) is 5.82 Å². The van der Waals surface area contributed by atoms with Gasteiger partial charge in [-0.3, -0.25) is 4.90 Å². The molecule has 0 saturated carbocycles. The molecule has 1 fully saturated rings. The van der Waals surface area contributed by atoms with Crippen molar-refractivity contribution in [3.05, 3.63) is 34.6 Å². The molecule has 1 N–H and O–H groups in total. The summed E-state index contributed by atoms with van der Waals surface area (Å²) in [6.45, 7) is 0.691. The molecule has 12 heteroatoms. The largest absolute Gasteiger partial charge is 0.416 e. The Morgan fingerprint density at radius 3 is 1.96 bits per heavy atom. The number of alkyl halides is 8. The highest BCUT2D eigenvalue weighted by atomic mass is 35.5. The summed E-state index contributed by atoms with van der Waals surface area (Å²) in [6.07, 6.45) is -14.7. The van der Waals surface area contributed by atoms with Gasteiger partial charge in [-0.15, -0.1) is 12.4 Å².